The molecule has 0 amide bonds. The fourth-order valence-electron chi connectivity index (χ4n) is 1.45. The predicted octanol–water partition coefficient (Wildman–Crippen LogP) is 3.30. The molecule has 0 aliphatic heterocycles. The lowest BCUT2D eigenvalue weighted by atomic mass is 10.0. The number of hydrogen-bond donors (Lipinski definition) is 2. The van der Waals surface area contributed by atoms with Crippen molar-refractivity contribution >= 4 is 17.0 Å². The summed E-state index contributed by atoms with van der Waals surface area (Å²) in [7, 11) is 0. The Hall–Kier alpha value is -1.58. The quantitative estimate of drug-likeness (QED) is 0.834. The summed E-state index contributed by atoms with van der Waals surface area (Å²) in [5.41, 5.74) is 1.47. The van der Waals surface area contributed by atoms with Crippen LogP contribution in [0.4, 0.5) is 10.3 Å². The molecule has 2 rings (SSSR count). The van der Waals surface area contributed by atoms with Gasteiger partial charge in [0, 0.05) is 5.54 Å². The molecule has 3 nitrogen and oxygen atoms in total. The van der Waals surface area contributed by atoms with E-state index in [1.54, 1.807) is 6.07 Å². The first-order chi connectivity index (χ1) is 7.50. The molecule has 86 valence electrons. The van der Waals surface area contributed by atoms with Crippen LogP contribution in [0.25, 0.3) is 11.0 Å². The Morgan fingerprint density at radius 1 is 1.44 bits per heavy atom. The van der Waals surface area contributed by atoms with Crippen molar-refractivity contribution in [1.82, 2.24) is 9.97 Å². The molecule has 2 aromatic rings. The number of anilines is 1. The molecule has 0 saturated carbocycles. The summed E-state index contributed by atoms with van der Waals surface area (Å²) in [4.78, 5) is 7.42. The Morgan fingerprint density at radius 2 is 2.19 bits per heavy atom. The number of rotatable bonds is 3. The van der Waals surface area contributed by atoms with Crippen molar-refractivity contribution in [3.8, 4) is 0 Å². The van der Waals surface area contributed by atoms with Gasteiger partial charge in [0.1, 0.15) is 5.82 Å². The first kappa shape index (κ1) is 10.9. The minimum atomic E-state index is -0.252. The minimum Gasteiger partial charge on any atom is -0.351 e. The van der Waals surface area contributed by atoms with E-state index in [9.17, 15) is 4.39 Å². The molecule has 2 N–H and O–H groups in total. The number of H-pyrrole nitrogens is 1. The predicted molar refractivity (Wildman–Crippen MR) is 64.0 cm³/mol. The van der Waals surface area contributed by atoms with E-state index in [0.717, 1.165) is 17.5 Å². The van der Waals surface area contributed by atoms with E-state index < -0.39 is 0 Å². The molecule has 0 aliphatic rings. The van der Waals surface area contributed by atoms with Gasteiger partial charge >= 0.3 is 0 Å². The highest BCUT2D eigenvalue weighted by Crippen LogP contribution is 2.19. The molecule has 0 fully saturated rings. The first-order valence-electron chi connectivity index (χ1n) is 5.43. The van der Waals surface area contributed by atoms with Crippen molar-refractivity contribution in [3.05, 3.63) is 24.0 Å². The lowest BCUT2D eigenvalue weighted by Gasteiger charge is -2.23. The Labute approximate surface area is 94.1 Å². The van der Waals surface area contributed by atoms with Crippen LogP contribution in [0.3, 0.4) is 0 Å². The SMILES string of the molecule is CCC(C)(C)Nc1nc2ccc(F)cc2[nH]1. The molecule has 1 aromatic heterocycles. The second-order valence-electron chi connectivity index (χ2n) is 4.61. The van der Waals surface area contributed by atoms with Crippen LogP contribution in [-0.2, 0) is 0 Å². The van der Waals surface area contributed by atoms with E-state index in [-0.39, 0.29) is 11.4 Å². The third-order valence-corrected chi connectivity index (χ3v) is 2.78. The molecule has 0 saturated heterocycles. The number of aromatic nitrogens is 2. The van der Waals surface area contributed by atoms with E-state index in [4.69, 9.17) is 0 Å². The second kappa shape index (κ2) is 3.77. The fraction of sp³-hybridized carbons (Fsp3) is 0.417. The molecule has 0 spiro atoms. The van der Waals surface area contributed by atoms with Crippen molar-refractivity contribution in [2.45, 2.75) is 32.7 Å². The third-order valence-electron chi connectivity index (χ3n) is 2.78. The summed E-state index contributed by atoms with van der Waals surface area (Å²) in [6.07, 6.45) is 0.985. The average Bonchev–Trinajstić information content (AvgIpc) is 2.58. The molecule has 0 aliphatic carbocycles. The van der Waals surface area contributed by atoms with Crippen LogP contribution in [0.5, 0.6) is 0 Å². The standard InChI is InChI=1S/C12H16FN3/c1-4-12(2,3)16-11-14-9-6-5-8(13)7-10(9)15-11/h5-7H,4H2,1-3H3,(H2,14,15,16). The monoisotopic (exact) mass is 221 g/mol. The minimum absolute atomic E-state index is 0.0214. The van der Waals surface area contributed by atoms with Crippen molar-refractivity contribution < 1.29 is 4.39 Å². The van der Waals surface area contributed by atoms with Crippen molar-refractivity contribution in [2.75, 3.05) is 5.32 Å². The number of nitrogens with zero attached hydrogens (tertiary/aromatic N) is 1. The van der Waals surface area contributed by atoms with E-state index in [0.29, 0.717) is 5.95 Å². The summed E-state index contributed by atoms with van der Waals surface area (Å²) in [5.74, 6) is 0.435. The van der Waals surface area contributed by atoms with Crippen LogP contribution >= 0.6 is 0 Å². The molecule has 1 aromatic carbocycles. The molecule has 1 heterocycles. The van der Waals surface area contributed by atoms with E-state index >= 15 is 0 Å². The Morgan fingerprint density at radius 3 is 2.88 bits per heavy atom. The van der Waals surface area contributed by atoms with Gasteiger partial charge in [0.2, 0.25) is 5.95 Å². The topological polar surface area (TPSA) is 40.7 Å². The van der Waals surface area contributed by atoms with Crippen LogP contribution < -0.4 is 5.32 Å². The summed E-state index contributed by atoms with van der Waals surface area (Å²) in [6.45, 7) is 6.30. The van der Waals surface area contributed by atoms with Gasteiger partial charge in [-0.05, 0) is 38.5 Å². The van der Waals surface area contributed by atoms with Gasteiger partial charge in [0.25, 0.3) is 0 Å². The zero-order chi connectivity index (χ0) is 11.8. The Balaban J connectivity index is 2.33. The summed E-state index contributed by atoms with van der Waals surface area (Å²) < 4.78 is 13.0. The molecule has 0 atom stereocenters. The van der Waals surface area contributed by atoms with Crippen LogP contribution in [0.1, 0.15) is 27.2 Å². The molecule has 0 radical (unpaired) electrons. The van der Waals surface area contributed by atoms with Gasteiger partial charge in [-0.3, -0.25) is 0 Å². The highest BCUT2D eigenvalue weighted by atomic mass is 19.1. The van der Waals surface area contributed by atoms with Gasteiger partial charge in [-0.1, -0.05) is 6.92 Å². The zero-order valence-corrected chi connectivity index (χ0v) is 9.76. The maximum atomic E-state index is 13.0. The molecule has 0 unspecified atom stereocenters. The number of imidazole rings is 1. The van der Waals surface area contributed by atoms with E-state index in [1.165, 1.54) is 12.1 Å². The highest BCUT2D eigenvalue weighted by molar-refractivity contribution is 5.77. The van der Waals surface area contributed by atoms with E-state index in [1.807, 2.05) is 0 Å². The summed E-state index contributed by atoms with van der Waals surface area (Å²) in [5, 5.41) is 3.29. The highest BCUT2D eigenvalue weighted by Gasteiger charge is 2.16. The lowest BCUT2D eigenvalue weighted by molar-refractivity contribution is 0.543. The first-order valence-corrected chi connectivity index (χ1v) is 5.43. The van der Waals surface area contributed by atoms with Gasteiger partial charge in [-0.15, -0.1) is 0 Å². The molecular weight excluding hydrogens is 205 g/mol. The Bertz CT molecular complexity index is 502. The van der Waals surface area contributed by atoms with Gasteiger partial charge in [-0.25, -0.2) is 9.37 Å². The molecular formula is C12H16FN3. The maximum Gasteiger partial charge on any atom is 0.201 e. The molecule has 16 heavy (non-hydrogen) atoms. The summed E-state index contributed by atoms with van der Waals surface area (Å²) in [6, 6.07) is 4.54. The van der Waals surface area contributed by atoms with E-state index in [2.05, 4.69) is 36.1 Å². The smallest absolute Gasteiger partial charge is 0.201 e. The molecule has 0 bridgehead atoms. The van der Waals surface area contributed by atoms with Gasteiger partial charge in [0.05, 0.1) is 11.0 Å². The number of nitrogens with one attached hydrogen (secondary N) is 2. The van der Waals surface area contributed by atoms with Crippen molar-refractivity contribution in [2.24, 2.45) is 0 Å². The number of halogens is 1. The Kier molecular flexibility index (Phi) is 2.58. The van der Waals surface area contributed by atoms with Crippen molar-refractivity contribution in [3.63, 3.8) is 0 Å². The van der Waals surface area contributed by atoms with Gasteiger partial charge in [-0.2, -0.15) is 0 Å². The fourth-order valence-corrected chi connectivity index (χ4v) is 1.45. The third kappa shape index (κ3) is 2.15. The largest absolute Gasteiger partial charge is 0.351 e. The van der Waals surface area contributed by atoms with Crippen molar-refractivity contribution in [1.29, 1.82) is 0 Å². The number of benzene rings is 1. The number of hydrogen-bond acceptors (Lipinski definition) is 2. The molecule has 4 heteroatoms. The lowest BCUT2D eigenvalue weighted by Crippen LogP contribution is -2.30. The van der Waals surface area contributed by atoms with Crippen LogP contribution in [0.15, 0.2) is 18.2 Å². The van der Waals surface area contributed by atoms with Crippen LogP contribution in [0.2, 0.25) is 0 Å². The average molecular weight is 221 g/mol. The summed E-state index contributed by atoms with van der Waals surface area (Å²) >= 11 is 0. The number of fused-ring (bicyclic) bond motifs is 1. The maximum absolute atomic E-state index is 13.0. The number of aromatic amines is 1. The second-order valence-corrected chi connectivity index (χ2v) is 4.61. The van der Waals surface area contributed by atoms with Gasteiger partial charge < -0.3 is 10.3 Å². The van der Waals surface area contributed by atoms with Crippen LogP contribution in [0, 0.1) is 5.82 Å². The zero-order valence-electron chi connectivity index (χ0n) is 9.76. The van der Waals surface area contributed by atoms with Crippen LogP contribution in [-0.4, -0.2) is 15.5 Å². The van der Waals surface area contributed by atoms with Gasteiger partial charge in [0.15, 0.2) is 0 Å². The normalized spacial score (nSPS) is 12.0.